The number of nitrogens with zero attached hydrogens (tertiary/aromatic N) is 2. The summed E-state index contributed by atoms with van der Waals surface area (Å²) in [6.45, 7) is 1.90. The highest BCUT2D eigenvalue weighted by Crippen LogP contribution is 2.00. The van der Waals surface area contributed by atoms with Crippen molar-refractivity contribution in [2.75, 3.05) is 14.1 Å². The van der Waals surface area contributed by atoms with Crippen LogP contribution in [0.4, 0.5) is 0 Å². The lowest BCUT2D eigenvalue weighted by atomic mass is 10.2. The van der Waals surface area contributed by atoms with Gasteiger partial charge in [0.2, 0.25) is 5.91 Å². The minimum Gasteiger partial charge on any atom is -0.349 e. The first-order valence-electron chi connectivity index (χ1n) is 4.30. The summed E-state index contributed by atoms with van der Waals surface area (Å²) in [6.07, 6.45) is 3.05. The van der Waals surface area contributed by atoms with Gasteiger partial charge in [0.25, 0.3) is 0 Å². The van der Waals surface area contributed by atoms with Gasteiger partial charge in [0.05, 0.1) is 0 Å². The molecule has 0 bridgehead atoms. The summed E-state index contributed by atoms with van der Waals surface area (Å²) in [5, 5.41) is 0. The second-order valence-corrected chi connectivity index (χ2v) is 3.28. The van der Waals surface area contributed by atoms with Crippen molar-refractivity contribution in [2.45, 2.75) is 19.8 Å². The van der Waals surface area contributed by atoms with Crippen molar-refractivity contribution >= 4 is 18.3 Å². The van der Waals surface area contributed by atoms with Crippen LogP contribution in [0.3, 0.4) is 0 Å². The monoisotopic (exact) mass is 217 g/mol. The first-order valence-corrected chi connectivity index (χ1v) is 4.30. The van der Waals surface area contributed by atoms with Crippen molar-refractivity contribution in [3.05, 3.63) is 17.7 Å². The second kappa shape index (κ2) is 5.65. The van der Waals surface area contributed by atoms with E-state index in [-0.39, 0.29) is 18.3 Å². The second-order valence-electron chi connectivity index (χ2n) is 3.28. The van der Waals surface area contributed by atoms with E-state index < -0.39 is 0 Å². The van der Waals surface area contributed by atoms with Gasteiger partial charge in [-0.25, -0.2) is 4.98 Å². The zero-order chi connectivity index (χ0) is 9.84. The molecule has 0 radical (unpaired) electrons. The van der Waals surface area contributed by atoms with E-state index >= 15 is 0 Å². The van der Waals surface area contributed by atoms with E-state index in [1.807, 2.05) is 6.92 Å². The van der Waals surface area contributed by atoms with Crippen LogP contribution < -0.4 is 0 Å². The van der Waals surface area contributed by atoms with E-state index in [4.69, 9.17) is 0 Å². The van der Waals surface area contributed by atoms with Crippen molar-refractivity contribution in [2.24, 2.45) is 0 Å². The Labute approximate surface area is 90.1 Å². The van der Waals surface area contributed by atoms with E-state index in [9.17, 15) is 4.79 Å². The number of aromatic amines is 1. The van der Waals surface area contributed by atoms with Gasteiger partial charge in [-0.2, -0.15) is 0 Å². The molecule has 0 unspecified atom stereocenters. The third-order valence-corrected chi connectivity index (χ3v) is 1.86. The lowest BCUT2D eigenvalue weighted by Crippen LogP contribution is -2.21. The van der Waals surface area contributed by atoms with Crippen LogP contribution in [-0.4, -0.2) is 34.9 Å². The van der Waals surface area contributed by atoms with Crippen LogP contribution in [0.25, 0.3) is 0 Å². The van der Waals surface area contributed by atoms with Gasteiger partial charge >= 0.3 is 0 Å². The van der Waals surface area contributed by atoms with Gasteiger partial charge in [0, 0.05) is 32.4 Å². The highest BCUT2D eigenvalue weighted by molar-refractivity contribution is 5.85. The molecule has 0 saturated heterocycles. The van der Waals surface area contributed by atoms with Gasteiger partial charge in [0.15, 0.2) is 0 Å². The van der Waals surface area contributed by atoms with Crippen molar-refractivity contribution in [1.29, 1.82) is 0 Å². The minimum absolute atomic E-state index is 0. The Balaban J connectivity index is 0.00000169. The zero-order valence-corrected chi connectivity index (χ0v) is 9.52. The van der Waals surface area contributed by atoms with Gasteiger partial charge in [-0.05, 0) is 13.3 Å². The number of hydrogen-bond acceptors (Lipinski definition) is 2. The number of H-pyrrole nitrogens is 1. The summed E-state index contributed by atoms with van der Waals surface area (Å²) in [6, 6.07) is 0. The summed E-state index contributed by atoms with van der Waals surface area (Å²) in [5.41, 5.74) is 1.02. The normalized spacial score (nSPS) is 9.36. The number of aromatic nitrogens is 2. The number of amides is 1. The Morgan fingerprint density at radius 3 is 2.64 bits per heavy atom. The predicted molar refractivity (Wildman–Crippen MR) is 57.6 cm³/mol. The topological polar surface area (TPSA) is 49.0 Å². The van der Waals surface area contributed by atoms with E-state index in [1.165, 1.54) is 0 Å². The molecule has 1 aromatic rings. The number of halogens is 1. The first-order chi connectivity index (χ1) is 6.09. The SMILES string of the molecule is Cc1ncc(CCC(=O)N(C)C)[nH]1.Cl. The average molecular weight is 218 g/mol. The maximum atomic E-state index is 11.2. The quantitative estimate of drug-likeness (QED) is 0.826. The van der Waals surface area contributed by atoms with Crippen LogP contribution >= 0.6 is 12.4 Å². The van der Waals surface area contributed by atoms with Gasteiger partial charge in [0.1, 0.15) is 5.82 Å². The molecule has 0 aromatic carbocycles. The lowest BCUT2D eigenvalue weighted by molar-refractivity contribution is -0.128. The van der Waals surface area contributed by atoms with Gasteiger partial charge in [-0.3, -0.25) is 4.79 Å². The molecule has 4 nitrogen and oxygen atoms in total. The molecule has 80 valence electrons. The number of carbonyl (C=O) groups excluding carboxylic acids is 1. The van der Waals surface area contributed by atoms with Crippen LogP contribution in [-0.2, 0) is 11.2 Å². The summed E-state index contributed by atoms with van der Waals surface area (Å²) in [5.74, 6) is 1.04. The molecule has 14 heavy (non-hydrogen) atoms. The highest BCUT2D eigenvalue weighted by Gasteiger charge is 2.04. The number of nitrogens with one attached hydrogen (secondary N) is 1. The maximum absolute atomic E-state index is 11.2. The van der Waals surface area contributed by atoms with Crippen LogP contribution in [0.2, 0.25) is 0 Å². The molecule has 0 aliphatic heterocycles. The van der Waals surface area contributed by atoms with Crippen molar-refractivity contribution in [3.8, 4) is 0 Å². The van der Waals surface area contributed by atoms with Crippen LogP contribution in [0.1, 0.15) is 17.9 Å². The number of hydrogen-bond donors (Lipinski definition) is 1. The molecule has 1 heterocycles. The molecule has 0 aliphatic carbocycles. The molecule has 1 N–H and O–H groups in total. The molecule has 0 aliphatic rings. The van der Waals surface area contributed by atoms with Crippen LogP contribution in [0.5, 0.6) is 0 Å². The fraction of sp³-hybridized carbons (Fsp3) is 0.556. The van der Waals surface area contributed by atoms with Gasteiger partial charge in [-0.1, -0.05) is 0 Å². The molecule has 1 amide bonds. The number of rotatable bonds is 3. The lowest BCUT2D eigenvalue weighted by Gasteiger charge is -2.08. The van der Waals surface area contributed by atoms with E-state index in [0.29, 0.717) is 6.42 Å². The molecule has 1 aromatic heterocycles. The fourth-order valence-corrected chi connectivity index (χ4v) is 1.06. The van der Waals surface area contributed by atoms with Crippen molar-refractivity contribution in [1.82, 2.24) is 14.9 Å². The Bertz CT molecular complexity index is 296. The Kier molecular flexibility index (Phi) is 5.23. The van der Waals surface area contributed by atoms with Gasteiger partial charge < -0.3 is 9.88 Å². The third-order valence-electron chi connectivity index (χ3n) is 1.86. The Hall–Kier alpha value is -1.03. The molecule has 0 spiro atoms. The first kappa shape index (κ1) is 13.0. The smallest absolute Gasteiger partial charge is 0.222 e. The molecule has 5 heteroatoms. The minimum atomic E-state index is 0. The standard InChI is InChI=1S/C9H15N3O.ClH/c1-7-10-6-8(11-7)4-5-9(13)12(2)3;/h6H,4-5H2,1-3H3,(H,10,11);1H. The Morgan fingerprint density at radius 1 is 1.57 bits per heavy atom. The zero-order valence-electron chi connectivity index (χ0n) is 8.70. The van der Waals surface area contributed by atoms with Gasteiger partial charge in [-0.15, -0.1) is 12.4 Å². The number of aryl methyl sites for hydroxylation is 2. The van der Waals surface area contributed by atoms with E-state index in [0.717, 1.165) is 17.9 Å². The number of imidazole rings is 1. The largest absolute Gasteiger partial charge is 0.349 e. The van der Waals surface area contributed by atoms with Crippen molar-refractivity contribution in [3.63, 3.8) is 0 Å². The maximum Gasteiger partial charge on any atom is 0.222 e. The highest BCUT2D eigenvalue weighted by atomic mass is 35.5. The summed E-state index contributed by atoms with van der Waals surface area (Å²) in [4.78, 5) is 20.0. The summed E-state index contributed by atoms with van der Waals surface area (Å²) >= 11 is 0. The summed E-state index contributed by atoms with van der Waals surface area (Å²) < 4.78 is 0. The van der Waals surface area contributed by atoms with E-state index in [1.54, 1.807) is 25.2 Å². The fourth-order valence-electron chi connectivity index (χ4n) is 1.06. The Morgan fingerprint density at radius 2 is 2.21 bits per heavy atom. The molecular formula is C9H16ClN3O. The molecule has 0 fully saturated rings. The number of carbonyl (C=O) groups is 1. The summed E-state index contributed by atoms with van der Waals surface area (Å²) in [7, 11) is 3.53. The van der Waals surface area contributed by atoms with Crippen LogP contribution in [0.15, 0.2) is 6.20 Å². The molecule has 0 atom stereocenters. The molecule has 0 saturated carbocycles. The van der Waals surface area contributed by atoms with Crippen molar-refractivity contribution < 1.29 is 4.79 Å². The predicted octanol–water partition coefficient (Wildman–Crippen LogP) is 1.16. The van der Waals surface area contributed by atoms with E-state index in [2.05, 4.69) is 9.97 Å². The third kappa shape index (κ3) is 3.79. The van der Waals surface area contributed by atoms with Crippen LogP contribution in [0, 0.1) is 6.92 Å². The molecular weight excluding hydrogens is 202 g/mol. The average Bonchev–Trinajstić information content (AvgIpc) is 2.47. The molecule has 1 rings (SSSR count).